The number of aliphatic imine (C=N–C) groups is 1. The lowest BCUT2D eigenvalue weighted by molar-refractivity contribution is 0.136. The highest BCUT2D eigenvalue weighted by Gasteiger charge is 2.28. The first-order chi connectivity index (χ1) is 11.5. The van der Waals surface area contributed by atoms with Crippen LogP contribution in [0.5, 0.6) is 0 Å². The summed E-state index contributed by atoms with van der Waals surface area (Å²) in [5, 5.41) is 13.3. The molecule has 24 heavy (non-hydrogen) atoms. The fourth-order valence-corrected chi connectivity index (χ4v) is 3.16. The Morgan fingerprint density at radius 1 is 1.50 bits per heavy atom. The van der Waals surface area contributed by atoms with E-state index >= 15 is 0 Å². The molecule has 2 aliphatic rings. The van der Waals surface area contributed by atoms with Crippen LogP contribution in [0.4, 0.5) is 16.2 Å². The summed E-state index contributed by atoms with van der Waals surface area (Å²) in [6, 6.07) is 5.22. The standard InChI is InChI=1S/C17H21ClN4O2/c1-12(23)13-5-8-21(10-13)16-4-3-14(18)9-15(16)20-17(24)22-7-2-6-19-11-22/h2-4,6-7,9,12-13,23H,5,8,10-11H2,1H3,(H,20,24). The molecule has 0 aliphatic carbocycles. The van der Waals surface area contributed by atoms with Crippen LogP contribution in [-0.4, -0.2) is 48.1 Å². The van der Waals surface area contributed by atoms with E-state index in [1.807, 2.05) is 19.1 Å². The number of aliphatic hydroxyl groups excluding tert-OH is 1. The molecule has 2 amide bonds. The molecule has 1 aromatic rings. The number of halogens is 1. The van der Waals surface area contributed by atoms with Crippen LogP contribution in [0, 0.1) is 5.92 Å². The monoisotopic (exact) mass is 348 g/mol. The molecule has 0 aromatic heterocycles. The van der Waals surface area contributed by atoms with Crippen molar-refractivity contribution in [1.29, 1.82) is 0 Å². The van der Waals surface area contributed by atoms with Gasteiger partial charge >= 0.3 is 6.03 Å². The number of urea groups is 1. The van der Waals surface area contributed by atoms with Crippen molar-refractivity contribution < 1.29 is 9.90 Å². The number of anilines is 2. The molecule has 1 saturated heterocycles. The van der Waals surface area contributed by atoms with Gasteiger partial charge in [-0.1, -0.05) is 11.6 Å². The number of amides is 2. The molecule has 2 aliphatic heterocycles. The molecule has 0 spiro atoms. The molecular formula is C17H21ClN4O2. The van der Waals surface area contributed by atoms with Crippen molar-refractivity contribution in [3.63, 3.8) is 0 Å². The summed E-state index contributed by atoms with van der Waals surface area (Å²) in [6.07, 6.45) is 5.66. The van der Waals surface area contributed by atoms with E-state index in [0.717, 1.165) is 25.2 Å². The summed E-state index contributed by atoms with van der Waals surface area (Å²) in [5.41, 5.74) is 1.59. The van der Waals surface area contributed by atoms with E-state index in [1.54, 1.807) is 24.6 Å². The average molecular weight is 349 g/mol. The van der Waals surface area contributed by atoms with Gasteiger partial charge in [-0.2, -0.15) is 0 Å². The van der Waals surface area contributed by atoms with E-state index in [1.165, 1.54) is 4.90 Å². The van der Waals surface area contributed by atoms with Gasteiger partial charge in [-0.15, -0.1) is 0 Å². The highest BCUT2D eigenvalue weighted by Crippen LogP contribution is 2.34. The minimum absolute atomic E-state index is 0.239. The molecule has 2 unspecified atom stereocenters. The molecule has 2 N–H and O–H groups in total. The SMILES string of the molecule is CC(O)C1CCN(c2ccc(Cl)cc2NC(=O)N2C=CC=NC2)C1. The number of rotatable bonds is 3. The molecule has 6 nitrogen and oxygen atoms in total. The summed E-state index contributed by atoms with van der Waals surface area (Å²) in [5.74, 6) is 0.239. The van der Waals surface area contributed by atoms with Gasteiger partial charge in [-0.3, -0.25) is 9.89 Å². The van der Waals surface area contributed by atoms with Crippen LogP contribution in [0.15, 0.2) is 35.5 Å². The second-order valence-corrected chi connectivity index (χ2v) is 6.55. The minimum atomic E-state index is -0.336. The number of hydrogen-bond acceptors (Lipinski definition) is 4. The second-order valence-electron chi connectivity index (χ2n) is 6.11. The van der Waals surface area contributed by atoms with Crippen molar-refractivity contribution in [3.05, 3.63) is 35.5 Å². The molecular weight excluding hydrogens is 328 g/mol. The van der Waals surface area contributed by atoms with Crippen molar-refractivity contribution in [2.24, 2.45) is 10.9 Å². The number of nitrogens with zero attached hydrogens (tertiary/aromatic N) is 3. The summed E-state index contributed by atoms with van der Waals surface area (Å²) in [6.45, 7) is 3.72. The molecule has 2 atom stereocenters. The van der Waals surface area contributed by atoms with Crippen LogP contribution in [0.25, 0.3) is 0 Å². The molecule has 3 rings (SSSR count). The van der Waals surface area contributed by atoms with E-state index in [-0.39, 0.29) is 18.1 Å². The van der Waals surface area contributed by atoms with Gasteiger partial charge in [0, 0.05) is 36.4 Å². The first-order valence-corrected chi connectivity index (χ1v) is 8.39. The Labute approximate surface area is 146 Å². The van der Waals surface area contributed by atoms with Crippen LogP contribution >= 0.6 is 11.6 Å². The molecule has 0 radical (unpaired) electrons. The predicted octanol–water partition coefficient (Wildman–Crippen LogP) is 2.94. The topological polar surface area (TPSA) is 68.2 Å². The number of carbonyl (C=O) groups excluding carboxylic acids is 1. The van der Waals surface area contributed by atoms with Crippen molar-refractivity contribution in [2.45, 2.75) is 19.4 Å². The van der Waals surface area contributed by atoms with Crippen molar-refractivity contribution in [3.8, 4) is 0 Å². The molecule has 0 bridgehead atoms. The fourth-order valence-electron chi connectivity index (χ4n) is 2.99. The highest BCUT2D eigenvalue weighted by atomic mass is 35.5. The van der Waals surface area contributed by atoms with Crippen LogP contribution in [-0.2, 0) is 0 Å². The molecule has 128 valence electrons. The average Bonchev–Trinajstić information content (AvgIpc) is 3.06. The number of carbonyl (C=O) groups is 1. The summed E-state index contributed by atoms with van der Waals surface area (Å²) in [7, 11) is 0. The summed E-state index contributed by atoms with van der Waals surface area (Å²) >= 11 is 6.11. The maximum absolute atomic E-state index is 12.4. The molecule has 1 fully saturated rings. The first kappa shape index (κ1) is 16.8. The summed E-state index contributed by atoms with van der Waals surface area (Å²) < 4.78 is 0. The van der Waals surface area contributed by atoms with Gasteiger partial charge in [-0.25, -0.2) is 4.79 Å². The van der Waals surface area contributed by atoms with Gasteiger partial charge in [0.25, 0.3) is 0 Å². The Kier molecular flexibility index (Phi) is 5.06. The number of aliphatic hydroxyl groups is 1. The largest absolute Gasteiger partial charge is 0.393 e. The van der Waals surface area contributed by atoms with Crippen molar-refractivity contribution in [2.75, 3.05) is 30.0 Å². The van der Waals surface area contributed by atoms with E-state index < -0.39 is 0 Å². The zero-order valence-corrected chi connectivity index (χ0v) is 14.3. The van der Waals surface area contributed by atoms with Crippen molar-refractivity contribution in [1.82, 2.24) is 4.90 Å². The second kappa shape index (κ2) is 7.23. The van der Waals surface area contributed by atoms with E-state index in [4.69, 9.17) is 11.6 Å². The Morgan fingerprint density at radius 3 is 3.00 bits per heavy atom. The Balaban J connectivity index is 1.77. The zero-order valence-electron chi connectivity index (χ0n) is 13.5. The lowest BCUT2D eigenvalue weighted by Gasteiger charge is -2.25. The quantitative estimate of drug-likeness (QED) is 0.882. The van der Waals surface area contributed by atoms with E-state index in [2.05, 4.69) is 15.2 Å². The lowest BCUT2D eigenvalue weighted by atomic mass is 10.0. The third kappa shape index (κ3) is 3.71. The molecule has 0 saturated carbocycles. The maximum Gasteiger partial charge on any atom is 0.327 e. The fraction of sp³-hybridized carbons (Fsp3) is 0.412. The zero-order chi connectivity index (χ0) is 17.1. The van der Waals surface area contributed by atoms with Gasteiger partial charge in [0.2, 0.25) is 0 Å². The van der Waals surface area contributed by atoms with Crippen molar-refractivity contribution >= 4 is 35.2 Å². The Bertz CT molecular complexity index is 675. The van der Waals surface area contributed by atoms with Gasteiger partial charge < -0.3 is 15.3 Å². The van der Waals surface area contributed by atoms with Gasteiger partial charge in [0.1, 0.15) is 6.67 Å². The third-order valence-electron chi connectivity index (χ3n) is 4.40. The van der Waals surface area contributed by atoms with Crippen LogP contribution in [0.2, 0.25) is 5.02 Å². The van der Waals surface area contributed by atoms with E-state index in [0.29, 0.717) is 17.4 Å². The number of allylic oxidation sites excluding steroid dienone is 1. The Morgan fingerprint density at radius 2 is 2.33 bits per heavy atom. The first-order valence-electron chi connectivity index (χ1n) is 8.01. The van der Waals surface area contributed by atoms with Gasteiger partial charge in [0.05, 0.1) is 17.5 Å². The van der Waals surface area contributed by atoms with Crippen LogP contribution in [0.1, 0.15) is 13.3 Å². The number of benzene rings is 1. The lowest BCUT2D eigenvalue weighted by Crippen LogP contribution is -2.32. The normalized spacial score (nSPS) is 21.2. The minimum Gasteiger partial charge on any atom is -0.393 e. The predicted molar refractivity (Wildman–Crippen MR) is 96.8 cm³/mol. The van der Waals surface area contributed by atoms with E-state index in [9.17, 15) is 9.90 Å². The summed E-state index contributed by atoms with van der Waals surface area (Å²) in [4.78, 5) is 20.1. The molecule has 7 heteroatoms. The number of hydrogen-bond donors (Lipinski definition) is 2. The highest BCUT2D eigenvalue weighted by molar-refractivity contribution is 6.31. The molecule has 1 aromatic carbocycles. The molecule has 2 heterocycles. The van der Waals surface area contributed by atoms with Crippen LogP contribution in [0.3, 0.4) is 0 Å². The smallest absolute Gasteiger partial charge is 0.327 e. The third-order valence-corrected chi connectivity index (χ3v) is 4.64. The Hall–Kier alpha value is -2.05. The van der Waals surface area contributed by atoms with Gasteiger partial charge in [-0.05, 0) is 37.6 Å². The van der Waals surface area contributed by atoms with Crippen LogP contribution < -0.4 is 10.2 Å². The number of nitrogens with one attached hydrogen (secondary N) is 1. The van der Waals surface area contributed by atoms with Gasteiger partial charge in [0.15, 0.2) is 0 Å². The maximum atomic E-state index is 12.4.